The van der Waals surface area contributed by atoms with Crippen molar-refractivity contribution >= 4 is 16.6 Å². The number of aromatic nitrogens is 1. The Hall–Kier alpha value is -1.44. The molecule has 78 valence electrons. The van der Waals surface area contributed by atoms with E-state index in [9.17, 15) is 0 Å². The van der Waals surface area contributed by atoms with Crippen LogP contribution in [0.2, 0.25) is 0 Å². The molecule has 0 aliphatic carbocycles. The van der Waals surface area contributed by atoms with Crippen LogP contribution in [-0.2, 0) is 6.54 Å². The van der Waals surface area contributed by atoms with Crippen LogP contribution < -0.4 is 5.32 Å². The molecule has 2 heterocycles. The van der Waals surface area contributed by atoms with Crippen LogP contribution in [0.25, 0.3) is 10.9 Å². The summed E-state index contributed by atoms with van der Waals surface area (Å²) in [5, 5.41) is 4.90. The first kappa shape index (κ1) is 8.84. The Morgan fingerprint density at radius 1 is 1.20 bits per heavy atom. The van der Waals surface area contributed by atoms with E-state index >= 15 is 0 Å². The van der Waals surface area contributed by atoms with Crippen molar-refractivity contribution in [3.8, 4) is 0 Å². The second kappa shape index (κ2) is 2.78. The zero-order valence-corrected chi connectivity index (χ0v) is 9.52. The van der Waals surface area contributed by atoms with E-state index in [0.29, 0.717) is 0 Å². The number of rotatable bonds is 0. The molecule has 2 aromatic rings. The van der Waals surface area contributed by atoms with E-state index in [1.807, 2.05) is 0 Å². The van der Waals surface area contributed by atoms with Crippen LogP contribution in [0.5, 0.6) is 0 Å². The van der Waals surface area contributed by atoms with Gasteiger partial charge >= 0.3 is 0 Å². The smallest absolute Gasteiger partial charge is 0.0721 e. The van der Waals surface area contributed by atoms with Crippen LogP contribution in [0.3, 0.4) is 0 Å². The average Bonchev–Trinajstić information content (AvgIpc) is 2.54. The molecule has 1 aromatic carbocycles. The van der Waals surface area contributed by atoms with Gasteiger partial charge in [0.1, 0.15) is 0 Å². The summed E-state index contributed by atoms with van der Waals surface area (Å²) in [6.07, 6.45) is 0. The van der Waals surface area contributed by atoms with Crippen molar-refractivity contribution in [2.45, 2.75) is 27.3 Å². The van der Waals surface area contributed by atoms with Crippen LogP contribution in [0.4, 0.5) is 5.69 Å². The molecule has 0 amide bonds. The number of hydrogen-bond acceptors (Lipinski definition) is 1. The molecule has 0 saturated carbocycles. The third-order valence-electron chi connectivity index (χ3n) is 3.55. The second-order valence-corrected chi connectivity index (χ2v) is 4.50. The van der Waals surface area contributed by atoms with Gasteiger partial charge in [0.05, 0.1) is 11.2 Å². The molecule has 1 N–H and O–H groups in total. The van der Waals surface area contributed by atoms with Crippen molar-refractivity contribution in [1.29, 1.82) is 0 Å². The summed E-state index contributed by atoms with van der Waals surface area (Å²) in [6, 6.07) is 4.59. The minimum absolute atomic E-state index is 1.04. The highest BCUT2D eigenvalue weighted by Gasteiger charge is 2.17. The van der Waals surface area contributed by atoms with E-state index in [0.717, 1.165) is 13.1 Å². The minimum Gasteiger partial charge on any atom is -0.381 e. The van der Waals surface area contributed by atoms with Crippen molar-refractivity contribution in [2.24, 2.45) is 0 Å². The molecule has 1 aliphatic heterocycles. The van der Waals surface area contributed by atoms with Gasteiger partial charge in [-0.1, -0.05) is 0 Å². The van der Waals surface area contributed by atoms with Gasteiger partial charge in [0.25, 0.3) is 0 Å². The first-order chi connectivity index (χ1) is 7.18. The molecule has 1 aliphatic rings. The fourth-order valence-corrected chi connectivity index (χ4v) is 2.61. The summed E-state index contributed by atoms with van der Waals surface area (Å²) in [5.74, 6) is 0. The molecule has 0 saturated heterocycles. The number of anilines is 1. The third-order valence-corrected chi connectivity index (χ3v) is 3.55. The van der Waals surface area contributed by atoms with Crippen molar-refractivity contribution < 1.29 is 0 Å². The van der Waals surface area contributed by atoms with Crippen molar-refractivity contribution in [1.82, 2.24) is 4.57 Å². The maximum atomic E-state index is 3.53. The normalized spacial score (nSPS) is 14.3. The fraction of sp³-hybridized carbons (Fsp3) is 0.385. The zero-order chi connectivity index (χ0) is 10.6. The largest absolute Gasteiger partial charge is 0.381 e. The SMILES string of the molecule is Cc1cc2cc(C)n3c2c(c1C)NCC3. The van der Waals surface area contributed by atoms with E-state index in [1.165, 1.54) is 33.4 Å². The summed E-state index contributed by atoms with van der Waals surface area (Å²) in [6.45, 7) is 8.72. The van der Waals surface area contributed by atoms with Gasteiger partial charge in [-0.25, -0.2) is 0 Å². The topological polar surface area (TPSA) is 17.0 Å². The van der Waals surface area contributed by atoms with Crippen LogP contribution in [0.15, 0.2) is 12.1 Å². The molecule has 0 atom stereocenters. The molecule has 2 heteroatoms. The minimum atomic E-state index is 1.04. The summed E-state index contributed by atoms with van der Waals surface area (Å²) in [4.78, 5) is 0. The molecule has 0 radical (unpaired) electrons. The first-order valence-electron chi connectivity index (χ1n) is 5.52. The van der Waals surface area contributed by atoms with Crippen molar-refractivity contribution in [3.05, 3.63) is 29.0 Å². The molecule has 1 aromatic heterocycles. The maximum absolute atomic E-state index is 3.53. The molecular formula is C13H16N2. The zero-order valence-electron chi connectivity index (χ0n) is 9.52. The molecule has 0 fully saturated rings. The van der Waals surface area contributed by atoms with Gasteiger partial charge in [0.15, 0.2) is 0 Å². The van der Waals surface area contributed by atoms with Crippen molar-refractivity contribution in [3.63, 3.8) is 0 Å². The number of hydrogen-bond donors (Lipinski definition) is 1. The molecule has 3 rings (SSSR count). The highest BCUT2D eigenvalue weighted by molar-refractivity contribution is 5.95. The fourth-order valence-electron chi connectivity index (χ4n) is 2.61. The van der Waals surface area contributed by atoms with Gasteiger partial charge in [-0.15, -0.1) is 0 Å². The van der Waals surface area contributed by atoms with Gasteiger partial charge in [-0.2, -0.15) is 0 Å². The molecule has 0 spiro atoms. The van der Waals surface area contributed by atoms with Crippen LogP contribution in [0, 0.1) is 20.8 Å². The monoisotopic (exact) mass is 200 g/mol. The second-order valence-electron chi connectivity index (χ2n) is 4.50. The van der Waals surface area contributed by atoms with Gasteiger partial charge < -0.3 is 9.88 Å². The van der Waals surface area contributed by atoms with Gasteiger partial charge in [0.2, 0.25) is 0 Å². The number of nitrogens with one attached hydrogen (secondary N) is 1. The molecular weight excluding hydrogens is 184 g/mol. The third kappa shape index (κ3) is 1.05. The molecule has 15 heavy (non-hydrogen) atoms. The Kier molecular flexibility index (Phi) is 1.64. The molecule has 0 unspecified atom stereocenters. The highest BCUT2D eigenvalue weighted by atomic mass is 15.1. The van der Waals surface area contributed by atoms with Gasteiger partial charge in [-0.3, -0.25) is 0 Å². The predicted octanol–water partition coefficient (Wildman–Crippen LogP) is 2.99. The summed E-state index contributed by atoms with van der Waals surface area (Å²) < 4.78 is 2.42. The van der Waals surface area contributed by atoms with Gasteiger partial charge in [0, 0.05) is 24.2 Å². The van der Waals surface area contributed by atoms with Crippen molar-refractivity contribution in [2.75, 3.05) is 11.9 Å². The Balaban J connectivity index is 2.52. The summed E-state index contributed by atoms with van der Waals surface area (Å²) in [7, 11) is 0. The van der Waals surface area contributed by atoms with E-state index in [1.54, 1.807) is 0 Å². The van der Waals surface area contributed by atoms with E-state index in [-0.39, 0.29) is 0 Å². The lowest BCUT2D eigenvalue weighted by atomic mass is 10.0. The highest BCUT2D eigenvalue weighted by Crippen LogP contribution is 2.34. The summed E-state index contributed by atoms with van der Waals surface area (Å²) in [5.41, 5.74) is 6.87. The predicted molar refractivity (Wildman–Crippen MR) is 64.6 cm³/mol. The first-order valence-corrected chi connectivity index (χ1v) is 5.52. The summed E-state index contributed by atoms with van der Waals surface area (Å²) >= 11 is 0. The lowest BCUT2D eigenvalue weighted by Gasteiger charge is -2.21. The Morgan fingerprint density at radius 3 is 2.80 bits per heavy atom. The van der Waals surface area contributed by atoms with Crippen LogP contribution in [0.1, 0.15) is 16.8 Å². The van der Waals surface area contributed by atoms with E-state index in [2.05, 4.69) is 42.8 Å². The number of aryl methyl sites for hydroxylation is 2. The van der Waals surface area contributed by atoms with E-state index < -0.39 is 0 Å². The standard InChI is InChI=1S/C13H16N2/c1-8-6-11-7-9(2)15-5-4-14-12(10(8)3)13(11)15/h6-7,14H,4-5H2,1-3H3. The number of nitrogens with zero attached hydrogens (tertiary/aromatic N) is 1. The lowest BCUT2D eigenvalue weighted by Crippen LogP contribution is -2.18. The van der Waals surface area contributed by atoms with Crippen LogP contribution >= 0.6 is 0 Å². The maximum Gasteiger partial charge on any atom is 0.0721 e. The molecule has 0 bridgehead atoms. The number of benzene rings is 1. The Morgan fingerprint density at radius 2 is 2.00 bits per heavy atom. The van der Waals surface area contributed by atoms with Gasteiger partial charge in [-0.05, 0) is 44.0 Å². The quantitative estimate of drug-likeness (QED) is 0.691. The Bertz CT molecular complexity index is 549. The lowest BCUT2D eigenvalue weighted by molar-refractivity contribution is 0.719. The average molecular weight is 200 g/mol. The molecule has 2 nitrogen and oxygen atoms in total. The van der Waals surface area contributed by atoms with E-state index in [4.69, 9.17) is 0 Å². The Labute approximate surface area is 89.9 Å². The van der Waals surface area contributed by atoms with Crippen LogP contribution in [-0.4, -0.2) is 11.1 Å².